The molecule has 4 rings (SSSR count). The zero-order chi connectivity index (χ0) is 17.8. The van der Waals surface area contributed by atoms with E-state index in [4.69, 9.17) is 4.74 Å². The van der Waals surface area contributed by atoms with Gasteiger partial charge in [-0.2, -0.15) is 0 Å². The second-order valence-corrected chi connectivity index (χ2v) is 6.56. The van der Waals surface area contributed by atoms with Crippen LogP contribution >= 0.6 is 0 Å². The number of methoxy groups -OCH3 is 1. The summed E-state index contributed by atoms with van der Waals surface area (Å²) in [5.74, 6) is 1.50. The summed E-state index contributed by atoms with van der Waals surface area (Å²) in [7, 11) is 1.68. The van der Waals surface area contributed by atoms with Gasteiger partial charge in [0, 0.05) is 49.0 Å². The molecule has 1 N–H and O–H groups in total. The molecule has 6 nitrogen and oxygen atoms in total. The number of nitrogens with zero attached hydrogens (tertiary/aromatic N) is 4. The third-order valence-electron chi connectivity index (χ3n) is 4.79. The van der Waals surface area contributed by atoms with Gasteiger partial charge in [0.05, 0.1) is 12.6 Å². The molecule has 134 valence electrons. The molecule has 0 saturated carbocycles. The van der Waals surface area contributed by atoms with Gasteiger partial charge in [-0.15, -0.1) is 0 Å². The number of pyridine rings is 1. The van der Waals surface area contributed by atoms with Gasteiger partial charge in [0.25, 0.3) is 0 Å². The average Bonchev–Trinajstić information content (AvgIpc) is 2.72. The number of benzene rings is 1. The molecule has 1 fully saturated rings. The minimum Gasteiger partial charge on any atom is -0.481 e. The van der Waals surface area contributed by atoms with Crippen molar-refractivity contribution in [1.82, 2.24) is 20.3 Å². The second kappa shape index (κ2) is 7.66. The highest BCUT2D eigenvalue weighted by Gasteiger charge is 2.21. The molecule has 0 bridgehead atoms. The highest BCUT2D eigenvalue weighted by atomic mass is 16.5. The number of para-hydroxylation sites is 1. The highest BCUT2D eigenvalue weighted by molar-refractivity contribution is 5.80. The summed E-state index contributed by atoms with van der Waals surface area (Å²) >= 11 is 0. The van der Waals surface area contributed by atoms with E-state index in [2.05, 4.69) is 37.3 Å². The van der Waals surface area contributed by atoms with Gasteiger partial charge in [-0.3, -0.25) is 0 Å². The van der Waals surface area contributed by atoms with Crippen molar-refractivity contribution in [3.05, 3.63) is 54.4 Å². The number of aromatic nitrogens is 3. The molecule has 2 aromatic heterocycles. The Morgan fingerprint density at radius 3 is 2.88 bits per heavy atom. The summed E-state index contributed by atoms with van der Waals surface area (Å²) in [5, 5.41) is 4.79. The first-order chi connectivity index (χ1) is 12.8. The lowest BCUT2D eigenvalue weighted by Crippen LogP contribution is -2.46. The second-order valence-electron chi connectivity index (χ2n) is 6.56. The SMILES string of the molecule is COc1nc2ccccc2cc1CNC1CCCN(c2ncccn2)C1. The number of hydrogen-bond acceptors (Lipinski definition) is 6. The number of ether oxygens (including phenoxy) is 1. The zero-order valence-electron chi connectivity index (χ0n) is 14.9. The van der Waals surface area contributed by atoms with E-state index < -0.39 is 0 Å². The van der Waals surface area contributed by atoms with Crippen molar-refractivity contribution in [3.63, 3.8) is 0 Å². The van der Waals surface area contributed by atoms with Crippen molar-refractivity contribution in [2.75, 3.05) is 25.1 Å². The van der Waals surface area contributed by atoms with E-state index in [0.29, 0.717) is 11.9 Å². The smallest absolute Gasteiger partial charge is 0.225 e. The molecule has 26 heavy (non-hydrogen) atoms. The molecule has 3 aromatic rings. The fourth-order valence-corrected chi connectivity index (χ4v) is 3.48. The summed E-state index contributed by atoms with van der Waals surface area (Å²) in [5.41, 5.74) is 2.04. The predicted octanol–water partition coefficient (Wildman–Crippen LogP) is 2.79. The minimum atomic E-state index is 0.392. The topological polar surface area (TPSA) is 63.2 Å². The standard InChI is InChI=1S/C20H23N5O/c1-26-19-16(12-15-6-2-3-8-18(15)24-19)13-23-17-7-4-11-25(14-17)20-21-9-5-10-22-20/h2-3,5-6,8-10,12,17,23H,4,7,11,13-14H2,1H3. The normalized spacial score (nSPS) is 17.4. The minimum absolute atomic E-state index is 0.392. The molecule has 1 unspecified atom stereocenters. The Morgan fingerprint density at radius 2 is 2.04 bits per heavy atom. The summed E-state index contributed by atoms with van der Waals surface area (Å²) in [4.78, 5) is 15.6. The van der Waals surface area contributed by atoms with Crippen LogP contribution in [0.4, 0.5) is 5.95 Å². The van der Waals surface area contributed by atoms with Crippen LogP contribution in [0.3, 0.4) is 0 Å². The number of fused-ring (bicyclic) bond motifs is 1. The highest BCUT2D eigenvalue weighted by Crippen LogP contribution is 2.23. The van der Waals surface area contributed by atoms with Gasteiger partial charge in [-0.25, -0.2) is 15.0 Å². The zero-order valence-corrected chi connectivity index (χ0v) is 14.9. The first-order valence-electron chi connectivity index (χ1n) is 9.01. The maximum absolute atomic E-state index is 5.50. The lowest BCUT2D eigenvalue weighted by atomic mass is 10.1. The average molecular weight is 349 g/mol. The molecule has 1 aliphatic rings. The fourth-order valence-electron chi connectivity index (χ4n) is 3.48. The molecule has 1 aromatic carbocycles. The summed E-state index contributed by atoms with van der Waals surface area (Å²) in [6.07, 6.45) is 5.87. The van der Waals surface area contributed by atoms with Crippen molar-refractivity contribution < 1.29 is 4.74 Å². The van der Waals surface area contributed by atoms with Gasteiger partial charge in [0.15, 0.2) is 0 Å². The molecule has 1 atom stereocenters. The van der Waals surface area contributed by atoms with Crippen molar-refractivity contribution in [1.29, 1.82) is 0 Å². The van der Waals surface area contributed by atoms with Crippen LogP contribution in [0.15, 0.2) is 48.8 Å². The van der Waals surface area contributed by atoms with E-state index >= 15 is 0 Å². The Hall–Kier alpha value is -2.73. The summed E-state index contributed by atoms with van der Waals surface area (Å²) < 4.78 is 5.50. The first kappa shape index (κ1) is 16.7. The Balaban J connectivity index is 1.46. The lowest BCUT2D eigenvalue weighted by Gasteiger charge is -2.33. The monoisotopic (exact) mass is 349 g/mol. The van der Waals surface area contributed by atoms with Crippen LogP contribution in [0.5, 0.6) is 5.88 Å². The number of rotatable bonds is 5. The molecule has 0 aliphatic carbocycles. The van der Waals surface area contributed by atoms with Crippen LogP contribution in [0.25, 0.3) is 10.9 Å². The largest absolute Gasteiger partial charge is 0.481 e. The molecule has 0 spiro atoms. The van der Waals surface area contributed by atoms with Gasteiger partial charge >= 0.3 is 0 Å². The van der Waals surface area contributed by atoms with Gasteiger partial charge in [0.1, 0.15) is 0 Å². The number of hydrogen-bond donors (Lipinski definition) is 1. The van der Waals surface area contributed by atoms with Crippen LogP contribution in [0, 0.1) is 0 Å². The quantitative estimate of drug-likeness (QED) is 0.764. The maximum atomic E-state index is 5.50. The summed E-state index contributed by atoms with van der Waals surface area (Å²) in [6.45, 7) is 2.64. The Morgan fingerprint density at radius 1 is 1.19 bits per heavy atom. The van der Waals surface area contributed by atoms with E-state index in [1.807, 2.05) is 24.3 Å². The molecule has 1 aliphatic heterocycles. The summed E-state index contributed by atoms with van der Waals surface area (Å²) in [6, 6.07) is 12.5. The third kappa shape index (κ3) is 3.60. The lowest BCUT2D eigenvalue weighted by molar-refractivity contribution is 0.382. The van der Waals surface area contributed by atoms with E-state index in [9.17, 15) is 0 Å². The molecular formula is C20H23N5O. The van der Waals surface area contributed by atoms with Crippen LogP contribution in [-0.4, -0.2) is 41.2 Å². The van der Waals surface area contributed by atoms with Gasteiger partial charge in [-0.05, 0) is 31.0 Å². The van der Waals surface area contributed by atoms with E-state index in [1.54, 1.807) is 19.5 Å². The van der Waals surface area contributed by atoms with E-state index in [1.165, 1.54) is 0 Å². The Labute approximate surface area is 153 Å². The fraction of sp³-hybridized carbons (Fsp3) is 0.350. The van der Waals surface area contributed by atoms with Crippen LogP contribution in [-0.2, 0) is 6.54 Å². The first-order valence-corrected chi connectivity index (χ1v) is 9.01. The molecule has 0 radical (unpaired) electrons. The Kier molecular flexibility index (Phi) is 4.93. The predicted molar refractivity (Wildman–Crippen MR) is 102 cm³/mol. The molecule has 1 saturated heterocycles. The third-order valence-corrected chi connectivity index (χ3v) is 4.79. The molecule has 3 heterocycles. The number of nitrogens with one attached hydrogen (secondary N) is 1. The van der Waals surface area contributed by atoms with Crippen LogP contribution < -0.4 is 15.0 Å². The molecule has 0 amide bonds. The van der Waals surface area contributed by atoms with Crippen molar-refractivity contribution in [3.8, 4) is 5.88 Å². The van der Waals surface area contributed by atoms with Crippen molar-refractivity contribution in [2.24, 2.45) is 0 Å². The van der Waals surface area contributed by atoms with Crippen molar-refractivity contribution >= 4 is 16.9 Å². The van der Waals surface area contributed by atoms with Gasteiger partial charge in [0.2, 0.25) is 11.8 Å². The van der Waals surface area contributed by atoms with Crippen LogP contribution in [0.2, 0.25) is 0 Å². The van der Waals surface area contributed by atoms with Crippen molar-refractivity contribution in [2.45, 2.75) is 25.4 Å². The molecular weight excluding hydrogens is 326 g/mol. The van der Waals surface area contributed by atoms with E-state index in [-0.39, 0.29) is 0 Å². The van der Waals surface area contributed by atoms with Gasteiger partial charge in [-0.1, -0.05) is 18.2 Å². The van der Waals surface area contributed by atoms with E-state index in [0.717, 1.165) is 54.9 Å². The van der Waals surface area contributed by atoms with Crippen LogP contribution in [0.1, 0.15) is 18.4 Å². The van der Waals surface area contributed by atoms with Gasteiger partial charge < -0.3 is 15.0 Å². The molecule has 6 heteroatoms. The number of piperidine rings is 1. The maximum Gasteiger partial charge on any atom is 0.225 e. The number of anilines is 1. The Bertz CT molecular complexity index is 870.